The third-order valence-electron chi connectivity index (χ3n) is 6.03. The number of carbonyl (C=O) groups is 2. The SMILES string of the molecule is Cc1ccnn1-c1ccc(C(=O)OCC(=O)N2CCCC2c2ccc3c(c2)OCCO3)cc1. The Kier molecular flexibility index (Phi) is 5.73. The van der Waals surface area contributed by atoms with E-state index in [2.05, 4.69) is 5.10 Å². The van der Waals surface area contributed by atoms with Gasteiger partial charge in [0.05, 0.1) is 17.3 Å². The quantitative estimate of drug-likeness (QED) is 0.557. The van der Waals surface area contributed by atoms with E-state index in [1.807, 2.05) is 31.2 Å². The molecule has 8 nitrogen and oxygen atoms in total. The first kappa shape index (κ1) is 21.1. The van der Waals surface area contributed by atoms with Crippen LogP contribution in [0.1, 0.15) is 40.5 Å². The van der Waals surface area contributed by atoms with Gasteiger partial charge in [0.1, 0.15) is 13.2 Å². The van der Waals surface area contributed by atoms with E-state index in [1.54, 1.807) is 40.0 Å². The molecule has 2 aromatic carbocycles. The van der Waals surface area contributed by atoms with Crippen molar-refractivity contribution in [3.8, 4) is 17.2 Å². The predicted molar refractivity (Wildman–Crippen MR) is 120 cm³/mol. The lowest BCUT2D eigenvalue weighted by atomic mass is 10.0. The molecule has 1 amide bonds. The molecule has 5 rings (SSSR count). The van der Waals surface area contributed by atoms with Gasteiger partial charge < -0.3 is 19.1 Å². The molecule has 1 aromatic heterocycles. The van der Waals surface area contributed by atoms with E-state index in [4.69, 9.17) is 14.2 Å². The molecule has 8 heteroatoms. The van der Waals surface area contributed by atoms with Gasteiger partial charge in [-0.3, -0.25) is 4.79 Å². The van der Waals surface area contributed by atoms with Crippen LogP contribution in [0, 0.1) is 6.92 Å². The van der Waals surface area contributed by atoms with Gasteiger partial charge in [0.25, 0.3) is 5.91 Å². The van der Waals surface area contributed by atoms with Crippen LogP contribution in [0.15, 0.2) is 54.7 Å². The monoisotopic (exact) mass is 447 g/mol. The van der Waals surface area contributed by atoms with Crippen LogP contribution in [0.2, 0.25) is 0 Å². The van der Waals surface area contributed by atoms with Crippen molar-refractivity contribution in [2.75, 3.05) is 26.4 Å². The van der Waals surface area contributed by atoms with E-state index in [0.717, 1.165) is 35.5 Å². The summed E-state index contributed by atoms with van der Waals surface area (Å²) in [6.07, 6.45) is 3.47. The number of hydrogen-bond acceptors (Lipinski definition) is 6. The minimum absolute atomic E-state index is 0.0661. The highest BCUT2D eigenvalue weighted by molar-refractivity contribution is 5.91. The smallest absolute Gasteiger partial charge is 0.338 e. The Morgan fingerprint density at radius 3 is 2.61 bits per heavy atom. The molecule has 33 heavy (non-hydrogen) atoms. The van der Waals surface area contributed by atoms with Gasteiger partial charge in [0.15, 0.2) is 18.1 Å². The lowest BCUT2D eigenvalue weighted by Gasteiger charge is -2.26. The number of amides is 1. The van der Waals surface area contributed by atoms with Crippen LogP contribution < -0.4 is 9.47 Å². The van der Waals surface area contributed by atoms with Gasteiger partial charge in [0, 0.05) is 18.4 Å². The lowest BCUT2D eigenvalue weighted by molar-refractivity contribution is -0.135. The molecule has 0 bridgehead atoms. The highest BCUT2D eigenvalue weighted by Crippen LogP contribution is 2.38. The number of ether oxygens (including phenoxy) is 3. The second-order valence-electron chi connectivity index (χ2n) is 8.16. The molecular weight excluding hydrogens is 422 g/mol. The molecule has 170 valence electrons. The number of aryl methyl sites for hydroxylation is 1. The highest BCUT2D eigenvalue weighted by atomic mass is 16.6. The molecule has 0 N–H and O–H groups in total. The molecule has 1 saturated heterocycles. The zero-order valence-electron chi connectivity index (χ0n) is 18.4. The zero-order valence-corrected chi connectivity index (χ0v) is 18.4. The third-order valence-corrected chi connectivity index (χ3v) is 6.03. The van der Waals surface area contributed by atoms with Gasteiger partial charge in [-0.05, 0) is 67.8 Å². The fraction of sp³-hybridized carbons (Fsp3) is 0.320. The second-order valence-corrected chi connectivity index (χ2v) is 8.16. The van der Waals surface area contributed by atoms with Gasteiger partial charge in [-0.1, -0.05) is 6.07 Å². The van der Waals surface area contributed by atoms with Crippen molar-refractivity contribution in [3.63, 3.8) is 0 Å². The van der Waals surface area contributed by atoms with Gasteiger partial charge in [-0.2, -0.15) is 5.10 Å². The number of likely N-dealkylation sites (tertiary alicyclic amines) is 1. The van der Waals surface area contributed by atoms with E-state index >= 15 is 0 Å². The number of fused-ring (bicyclic) bond motifs is 1. The minimum atomic E-state index is -0.526. The van der Waals surface area contributed by atoms with Crippen molar-refractivity contribution in [3.05, 3.63) is 71.5 Å². The van der Waals surface area contributed by atoms with Crippen LogP contribution in [-0.2, 0) is 9.53 Å². The van der Waals surface area contributed by atoms with E-state index in [1.165, 1.54) is 0 Å². The van der Waals surface area contributed by atoms with Crippen molar-refractivity contribution in [2.24, 2.45) is 0 Å². The van der Waals surface area contributed by atoms with Crippen molar-refractivity contribution < 1.29 is 23.8 Å². The Morgan fingerprint density at radius 1 is 1.06 bits per heavy atom. The lowest BCUT2D eigenvalue weighted by Crippen LogP contribution is -2.34. The molecule has 0 aliphatic carbocycles. The Labute approximate surface area is 191 Å². The maximum absolute atomic E-state index is 12.9. The second kappa shape index (κ2) is 8.97. The largest absolute Gasteiger partial charge is 0.486 e. The molecule has 2 aliphatic heterocycles. The van der Waals surface area contributed by atoms with Crippen molar-refractivity contribution in [2.45, 2.75) is 25.8 Å². The van der Waals surface area contributed by atoms with Gasteiger partial charge in [-0.25, -0.2) is 9.48 Å². The summed E-state index contributed by atoms with van der Waals surface area (Å²) in [5, 5.41) is 4.26. The molecule has 0 radical (unpaired) electrons. The number of rotatable bonds is 5. The van der Waals surface area contributed by atoms with Crippen LogP contribution in [0.5, 0.6) is 11.5 Å². The first-order valence-corrected chi connectivity index (χ1v) is 11.1. The summed E-state index contributed by atoms with van der Waals surface area (Å²) in [7, 11) is 0. The Morgan fingerprint density at radius 2 is 1.85 bits per heavy atom. The maximum atomic E-state index is 12.9. The summed E-state index contributed by atoms with van der Waals surface area (Å²) in [6.45, 7) is 3.35. The molecule has 3 heterocycles. The average Bonchev–Trinajstić information content (AvgIpc) is 3.51. The van der Waals surface area contributed by atoms with E-state index < -0.39 is 5.97 Å². The summed E-state index contributed by atoms with van der Waals surface area (Å²) in [5.41, 5.74) is 3.24. The molecule has 1 fully saturated rings. The predicted octanol–water partition coefficient (Wildman–Crippen LogP) is 3.47. The van der Waals surface area contributed by atoms with Crippen LogP contribution in [0.4, 0.5) is 0 Å². The third kappa shape index (κ3) is 4.28. The highest BCUT2D eigenvalue weighted by Gasteiger charge is 2.31. The summed E-state index contributed by atoms with van der Waals surface area (Å²) in [5.74, 6) is 0.702. The van der Waals surface area contributed by atoms with Gasteiger partial charge in [0.2, 0.25) is 0 Å². The molecule has 2 aliphatic rings. The Hall–Kier alpha value is -3.81. The molecule has 1 unspecified atom stereocenters. The molecule has 0 saturated carbocycles. The molecule has 1 atom stereocenters. The number of nitrogens with zero attached hydrogens (tertiary/aromatic N) is 3. The standard InChI is InChI=1S/C25H25N3O5/c1-17-10-11-26-28(17)20-7-4-18(5-8-20)25(30)33-16-24(29)27-12-2-3-21(27)19-6-9-22-23(15-19)32-14-13-31-22/h4-11,15,21H,2-3,12-14,16H2,1H3. The summed E-state index contributed by atoms with van der Waals surface area (Å²) >= 11 is 0. The maximum Gasteiger partial charge on any atom is 0.338 e. The number of esters is 1. The van der Waals surface area contributed by atoms with Crippen LogP contribution >= 0.6 is 0 Å². The molecule has 0 spiro atoms. The average molecular weight is 447 g/mol. The number of carbonyl (C=O) groups excluding carboxylic acids is 2. The number of hydrogen-bond donors (Lipinski definition) is 0. The summed E-state index contributed by atoms with van der Waals surface area (Å²) in [4.78, 5) is 27.2. The fourth-order valence-electron chi connectivity index (χ4n) is 4.35. The van der Waals surface area contributed by atoms with E-state index in [-0.39, 0.29) is 18.6 Å². The number of aromatic nitrogens is 2. The molecule has 3 aromatic rings. The zero-order chi connectivity index (χ0) is 22.8. The van der Waals surface area contributed by atoms with Gasteiger partial charge in [-0.15, -0.1) is 0 Å². The van der Waals surface area contributed by atoms with Crippen LogP contribution in [0.25, 0.3) is 5.69 Å². The van der Waals surface area contributed by atoms with E-state index in [0.29, 0.717) is 31.1 Å². The van der Waals surface area contributed by atoms with Crippen molar-refractivity contribution in [1.82, 2.24) is 14.7 Å². The topological polar surface area (TPSA) is 82.9 Å². The minimum Gasteiger partial charge on any atom is -0.486 e. The summed E-state index contributed by atoms with van der Waals surface area (Å²) < 4.78 is 18.4. The van der Waals surface area contributed by atoms with Crippen molar-refractivity contribution >= 4 is 11.9 Å². The van der Waals surface area contributed by atoms with Crippen molar-refractivity contribution in [1.29, 1.82) is 0 Å². The first-order chi connectivity index (χ1) is 16.1. The number of benzene rings is 2. The Bertz CT molecular complexity index is 1170. The van der Waals surface area contributed by atoms with Gasteiger partial charge >= 0.3 is 5.97 Å². The van der Waals surface area contributed by atoms with Crippen LogP contribution in [-0.4, -0.2) is 52.9 Å². The first-order valence-electron chi connectivity index (χ1n) is 11.1. The van der Waals surface area contributed by atoms with E-state index in [9.17, 15) is 9.59 Å². The normalized spacial score (nSPS) is 17.1. The van der Waals surface area contributed by atoms with Crippen LogP contribution in [0.3, 0.4) is 0 Å². The summed E-state index contributed by atoms with van der Waals surface area (Å²) in [6, 6.07) is 14.6. The Balaban J connectivity index is 1.21. The molecular formula is C25H25N3O5. The fourth-order valence-corrected chi connectivity index (χ4v) is 4.35.